The fourth-order valence-corrected chi connectivity index (χ4v) is 2.03. The lowest BCUT2D eigenvalue weighted by molar-refractivity contribution is 0.441. The first-order valence-electron chi connectivity index (χ1n) is 5.61. The van der Waals surface area contributed by atoms with Gasteiger partial charge in [-0.2, -0.15) is 0 Å². The Morgan fingerprint density at radius 3 is 2.88 bits per heavy atom. The summed E-state index contributed by atoms with van der Waals surface area (Å²) in [6.07, 6.45) is 4.16. The maximum atomic E-state index is 6.00. The van der Waals surface area contributed by atoms with Crippen molar-refractivity contribution in [3.63, 3.8) is 0 Å². The summed E-state index contributed by atoms with van der Waals surface area (Å²) in [7, 11) is 2.03. The van der Waals surface area contributed by atoms with Gasteiger partial charge in [0.25, 0.3) is 0 Å². The van der Waals surface area contributed by atoms with Gasteiger partial charge in [0.2, 0.25) is 5.95 Å². The Labute approximate surface area is 113 Å². The molecule has 17 heavy (non-hydrogen) atoms. The maximum absolute atomic E-state index is 6.00. The molecule has 6 heteroatoms. The van der Waals surface area contributed by atoms with Crippen molar-refractivity contribution in [3.05, 3.63) is 16.9 Å². The Bertz CT molecular complexity index is 366. The van der Waals surface area contributed by atoms with Crippen molar-refractivity contribution in [3.8, 4) is 0 Å². The fourth-order valence-electron chi connectivity index (χ4n) is 1.91. The summed E-state index contributed by atoms with van der Waals surface area (Å²) >= 11 is 6.00. The van der Waals surface area contributed by atoms with Crippen LogP contribution in [0, 0.1) is 6.92 Å². The Balaban J connectivity index is 0.00000144. The number of piperidine rings is 1. The number of halogens is 2. The van der Waals surface area contributed by atoms with Gasteiger partial charge in [-0.05, 0) is 26.3 Å². The molecule has 1 N–H and O–H groups in total. The normalized spacial score (nSPS) is 19.6. The molecule has 96 valence electrons. The summed E-state index contributed by atoms with van der Waals surface area (Å²) in [5.74, 6) is 0.712. The number of aryl methyl sites for hydroxylation is 1. The predicted octanol–water partition coefficient (Wildman–Crippen LogP) is 2.05. The van der Waals surface area contributed by atoms with Crippen LogP contribution in [0.3, 0.4) is 0 Å². The van der Waals surface area contributed by atoms with Crippen LogP contribution in [0.1, 0.15) is 18.4 Å². The topological polar surface area (TPSA) is 41.1 Å². The number of hydrogen-bond acceptors (Lipinski definition) is 4. The molecule has 0 spiro atoms. The van der Waals surface area contributed by atoms with E-state index in [2.05, 4.69) is 20.2 Å². The second-order valence-corrected chi connectivity index (χ2v) is 4.61. The average molecular weight is 277 g/mol. The number of rotatable bonds is 2. The van der Waals surface area contributed by atoms with E-state index in [9.17, 15) is 0 Å². The number of aromatic nitrogens is 2. The van der Waals surface area contributed by atoms with Crippen molar-refractivity contribution < 1.29 is 0 Å². The van der Waals surface area contributed by atoms with Crippen molar-refractivity contribution in [2.75, 3.05) is 25.0 Å². The molecule has 2 rings (SSSR count). The zero-order chi connectivity index (χ0) is 11.5. The summed E-state index contributed by atoms with van der Waals surface area (Å²) in [5.41, 5.74) is 0.917. The largest absolute Gasteiger partial charge is 0.340 e. The number of anilines is 1. The third kappa shape index (κ3) is 3.44. The molecule has 1 aliphatic heterocycles. The van der Waals surface area contributed by atoms with E-state index in [1.54, 1.807) is 6.20 Å². The zero-order valence-corrected chi connectivity index (χ0v) is 11.7. The molecule has 0 bridgehead atoms. The molecule has 1 unspecified atom stereocenters. The standard InChI is InChI=1S/C11H17ClN4.ClH/c1-8-6-14-11(15-10(8)12)16(2)9-4-3-5-13-7-9;/h6,9,13H,3-5,7H2,1-2H3;1H. The first kappa shape index (κ1) is 14.5. The summed E-state index contributed by atoms with van der Waals surface area (Å²) in [5, 5.41) is 3.92. The van der Waals surface area contributed by atoms with Gasteiger partial charge in [0.1, 0.15) is 5.15 Å². The van der Waals surface area contributed by atoms with E-state index in [4.69, 9.17) is 11.6 Å². The molecule has 1 fully saturated rings. The van der Waals surface area contributed by atoms with Crippen LogP contribution in [-0.2, 0) is 0 Å². The Morgan fingerprint density at radius 1 is 1.53 bits per heavy atom. The van der Waals surface area contributed by atoms with Crippen LogP contribution in [-0.4, -0.2) is 36.1 Å². The minimum absolute atomic E-state index is 0. The van der Waals surface area contributed by atoms with Gasteiger partial charge in [-0.1, -0.05) is 11.6 Å². The molecule has 2 heterocycles. The second-order valence-electron chi connectivity index (χ2n) is 4.25. The fraction of sp³-hybridized carbons (Fsp3) is 0.636. The quantitative estimate of drug-likeness (QED) is 0.840. The van der Waals surface area contributed by atoms with E-state index in [-0.39, 0.29) is 12.4 Å². The lowest BCUT2D eigenvalue weighted by Gasteiger charge is -2.31. The first-order chi connectivity index (χ1) is 7.68. The molecule has 1 aliphatic rings. The highest BCUT2D eigenvalue weighted by Crippen LogP contribution is 2.18. The number of nitrogens with zero attached hydrogens (tertiary/aromatic N) is 3. The molecule has 0 saturated carbocycles. The van der Waals surface area contributed by atoms with E-state index < -0.39 is 0 Å². The van der Waals surface area contributed by atoms with Crippen molar-refractivity contribution in [2.24, 2.45) is 0 Å². The molecule has 0 amide bonds. The summed E-state index contributed by atoms with van der Waals surface area (Å²) in [6.45, 7) is 4.01. The van der Waals surface area contributed by atoms with E-state index in [1.165, 1.54) is 12.8 Å². The Kier molecular flexibility index (Phi) is 5.43. The first-order valence-corrected chi connectivity index (χ1v) is 5.99. The van der Waals surface area contributed by atoms with E-state index >= 15 is 0 Å². The third-order valence-electron chi connectivity index (χ3n) is 3.03. The highest BCUT2D eigenvalue weighted by Gasteiger charge is 2.20. The van der Waals surface area contributed by atoms with E-state index in [0.29, 0.717) is 17.1 Å². The highest BCUT2D eigenvalue weighted by molar-refractivity contribution is 6.30. The van der Waals surface area contributed by atoms with Crippen LogP contribution in [0.25, 0.3) is 0 Å². The van der Waals surface area contributed by atoms with Gasteiger partial charge in [0.15, 0.2) is 0 Å². The summed E-state index contributed by atoms with van der Waals surface area (Å²) in [4.78, 5) is 10.7. The Morgan fingerprint density at radius 2 is 2.29 bits per heavy atom. The predicted molar refractivity (Wildman–Crippen MR) is 73.3 cm³/mol. The van der Waals surface area contributed by atoms with Crippen LogP contribution >= 0.6 is 24.0 Å². The highest BCUT2D eigenvalue weighted by atomic mass is 35.5. The van der Waals surface area contributed by atoms with Crippen molar-refractivity contribution in [2.45, 2.75) is 25.8 Å². The lowest BCUT2D eigenvalue weighted by Crippen LogP contribution is -2.44. The Hall–Kier alpha value is -0.580. The van der Waals surface area contributed by atoms with Crippen molar-refractivity contribution >= 4 is 30.0 Å². The average Bonchev–Trinajstić information content (AvgIpc) is 2.33. The van der Waals surface area contributed by atoms with E-state index in [0.717, 1.165) is 18.7 Å². The van der Waals surface area contributed by atoms with Crippen LogP contribution in [0.15, 0.2) is 6.20 Å². The van der Waals surface area contributed by atoms with Crippen molar-refractivity contribution in [1.82, 2.24) is 15.3 Å². The van der Waals surface area contributed by atoms with Crippen molar-refractivity contribution in [1.29, 1.82) is 0 Å². The third-order valence-corrected chi connectivity index (χ3v) is 3.41. The van der Waals surface area contributed by atoms with Gasteiger partial charge >= 0.3 is 0 Å². The number of likely N-dealkylation sites (N-methyl/N-ethyl adjacent to an activating group) is 1. The molecular formula is C11H18Cl2N4. The van der Waals surface area contributed by atoms with Gasteiger partial charge in [-0.25, -0.2) is 9.97 Å². The molecule has 1 aromatic rings. The minimum Gasteiger partial charge on any atom is -0.340 e. The van der Waals surface area contributed by atoms with Crippen LogP contribution in [0.4, 0.5) is 5.95 Å². The molecular weight excluding hydrogens is 259 g/mol. The molecule has 1 saturated heterocycles. The molecule has 1 atom stereocenters. The zero-order valence-electron chi connectivity index (χ0n) is 10.1. The number of hydrogen-bond donors (Lipinski definition) is 1. The molecule has 4 nitrogen and oxygen atoms in total. The van der Waals surface area contributed by atoms with Gasteiger partial charge in [0.05, 0.1) is 0 Å². The monoisotopic (exact) mass is 276 g/mol. The smallest absolute Gasteiger partial charge is 0.226 e. The summed E-state index contributed by atoms with van der Waals surface area (Å²) < 4.78 is 0. The molecule has 0 aromatic carbocycles. The van der Waals surface area contributed by atoms with Crippen LogP contribution in [0.5, 0.6) is 0 Å². The van der Waals surface area contributed by atoms with E-state index in [1.807, 2.05) is 14.0 Å². The molecule has 0 radical (unpaired) electrons. The summed E-state index contributed by atoms with van der Waals surface area (Å²) in [6, 6.07) is 0.465. The van der Waals surface area contributed by atoms with Gasteiger partial charge in [-0.15, -0.1) is 12.4 Å². The van der Waals surface area contributed by atoms with Crippen LogP contribution < -0.4 is 10.2 Å². The van der Waals surface area contributed by atoms with Gasteiger partial charge in [-0.3, -0.25) is 0 Å². The molecule has 1 aromatic heterocycles. The number of nitrogens with one attached hydrogen (secondary N) is 1. The minimum atomic E-state index is 0. The molecule has 0 aliphatic carbocycles. The SMILES string of the molecule is Cc1cnc(N(C)C2CCCNC2)nc1Cl.Cl. The second kappa shape index (κ2) is 6.38. The lowest BCUT2D eigenvalue weighted by atomic mass is 10.1. The van der Waals surface area contributed by atoms with Gasteiger partial charge in [0, 0.05) is 31.4 Å². The van der Waals surface area contributed by atoms with Gasteiger partial charge < -0.3 is 10.2 Å². The maximum Gasteiger partial charge on any atom is 0.226 e. The van der Waals surface area contributed by atoms with Crippen LogP contribution in [0.2, 0.25) is 5.15 Å².